The molecule has 0 aliphatic heterocycles. The van der Waals surface area contributed by atoms with E-state index in [1.165, 1.54) is 12.1 Å². The molecule has 1 aliphatic rings. The molecule has 1 aromatic carbocycles. The Balaban J connectivity index is 2.44. The minimum absolute atomic E-state index is 0.0807. The zero-order valence-electron chi connectivity index (χ0n) is 10.4. The van der Waals surface area contributed by atoms with Crippen molar-refractivity contribution in [2.75, 3.05) is 5.88 Å². The number of ketones is 1. The van der Waals surface area contributed by atoms with Gasteiger partial charge in [0.05, 0.1) is 0 Å². The summed E-state index contributed by atoms with van der Waals surface area (Å²) in [6.07, 6.45) is 2.48. The van der Waals surface area contributed by atoms with Gasteiger partial charge in [0.1, 0.15) is 17.2 Å². The maximum absolute atomic E-state index is 13.4. The van der Waals surface area contributed by atoms with Crippen LogP contribution in [-0.2, 0) is 15.1 Å². The number of hydrogen-bond donors (Lipinski definition) is 1. The van der Waals surface area contributed by atoms with Crippen LogP contribution in [0, 0.1) is 5.82 Å². The first kappa shape index (κ1) is 14.0. The van der Waals surface area contributed by atoms with Gasteiger partial charge >= 0.3 is 0 Å². The van der Waals surface area contributed by atoms with E-state index in [0.29, 0.717) is 18.4 Å². The summed E-state index contributed by atoms with van der Waals surface area (Å²) in [6.45, 7) is 0. The van der Waals surface area contributed by atoms with Gasteiger partial charge in [0.25, 0.3) is 0 Å². The Labute approximate surface area is 116 Å². The molecule has 1 fully saturated rings. The Bertz CT molecular complexity index is 506. The van der Waals surface area contributed by atoms with Crippen molar-refractivity contribution in [3.05, 3.63) is 35.6 Å². The van der Waals surface area contributed by atoms with Crippen LogP contribution in [0.3, 0.4) is 0 Å². The van der Waals surface area contributed by atoms with E-state index in [0.717, 1.165) is 12.8 Å². The molecule has 0 aromatic heterocycles. The molecule has 0 heterocycles. The van der Waals surface area contributed by atoms with Crippen molar-refractivity contribution >= 4 is 23.3 Å². The van der Waals surface area contributed by atoms with E-state index in [2.05, 4.69) is 5.32 Å². The first-order valence-corrected chi connectivity index (χ1v) is 6.78. The molecule has 19 heavy (non-hydrogen) atoms. The van der Waals surface area contributed by atoms with E-state index in [4.69, 9.17) is 11.6 Å². The van der Waals surface area contributed by atoms with Gasteiger partial charge in [-0.2, -0.15) is 0 Å². The minimum atomic E-state index is -1.12. The SMILES string of the molecule is O=C(CCl)NC1(c2cccc(F)c2)CCCCC1=O. The Hall–Kier alpha value is -1.42. The molecule has 0 spiro atoms. The average Bonchev–Trinajstić information content (AvgIpc) is 2.41. The lowest BCUT2D eigenvalue weighted by atomic mass is 9.75. The predicted octanol–water partition coefficient (Wildman–Crippen LogP) is 2.52. The van der Waals surface area contributed by atoms with Gasteiger partial charge in [-0.1, -0.05) is 12.1 Å². The van der Waals surface area contributed by atoms with Crippen molar-refractivity contribution in [2.45, 2.75) is 31.2 Å². The molecule has 5 heteroatoms. The third-order valence-electron chi connectivity index (χ3n) is 3.47. The first-order chi connectivity index (χ1) is 9.08. The van der Waals surface area contributed by atoms with Crippen LogP contribution in [0.4, 0.5) is 4.39 Å². The molecular formula is C14H15ClFNO2. The summed E-state index contributed by atoms with van der Waals surface area (Å²) in [5.74, 6) is -1.14. The normalized spacial score (nSPS) is 23.2. The summed E-state index contributed by atoms with van der Waals surface area (Å²) in [5, 5.41) is 2.69. The van der Waals surface area contributed by atoms with E-state index in [9.17, 15) is 14.0 Å². The van der Waals surface area contributed by atoms with Gasteiger partial charge in [-0.05, 0) is 37.0 Å². The number of alkyl halides is 1. The Morgan fingerprint density at radius 2 is 2.21 bits per heavy atom. The van der Waals surface area contributed by atoms with Crippen LogP contribution < -0.4 is 5.32 Å². The third kappa shape index (κ3) is 2.78. The highest BCUT2D eigenvalue weighted by atomic mass is 35.5. The Morgan fingerprint density at radius 1 is 1.42 bits per heavy atom. The van der Waals surface area contributed by atoms with Crippen molar-refractivity contribution in [1.29, 1.82) is 0 Å². The summed E-state index contributed by atoms with van der Waals surface area (Å²) in [5.41, 5.74) is -0.623. The fraction of sp³-hybridized carbons (Fsp3) is 0.429. The highest BCUT2D eigenvalue weighted by Crippen LogP contribution is 2.34. The highest BCUT2D eigenvalue weighted by Gasteiger charge is 2.42. The maximum Gasteiger partial charge on any atom is 0.235 e. The Kier molecular flexibility index (Phi) is 4.20. The minimum Gasteiger partial charge on any atom is -0.339 e. The van der Waals surface area contributed by atoms with Crippen molar-refractivity contribution in [1.82, 2.24) is 5.32 Å². The molecular weight excluding hydrogens is 269 g/mol. The smallest absolute Gasteiger partial charge is 0.235 e. The standard InChI is InChI=1S/C14H15ClFNO2/c15-9-13(19)17-14(7-2-1-6-12(14)18)10-4-3-5-11(16)8-10/h3-5,8H,1-2,6-7,9H2,(H,17,19). The molecule has 0 radical (unpaired) electrons. The number of carbonyl (C=O) groups is 2. The number of amides is 1. The van der Waals surface area contributed by atoms with Crippen LogP contribution >= 0.6 is 11.6 Å². The van der Waals surface area contributed by atoms with Crippen molar-refractivity contribution in [3.8, 4) is 0 Å². The molecule has 1 unspecified atom stereocenters. The number of hydrogen-bond acceptors (Lipinski definition) is 2. The highest BCUT2D eigenvalue weighted by molar-refractivity contribution is 6.27. The van der Waals surface area contributed by atoms with Crippen LogP contribution in [0.1, 0.15) is 31.2 Å². The lowest BCUT2D eigenvalue weighted by molar-refractivity contribution is -0.133. The predicted molar refractivity (Wildman–Crippen MR) is 70.4 cm³/mol. The number of nitrogens with one attached hydrogen (secondary N) is 1. The van der Waals surface area contributed by atoms with Crippen LogP contribution in [0.25, 0.3) is 0 Å². The molecule has 1 atom stereocenters. The van der Waals surface area contributed by atoms with Crippen LogP contribution in [0.2, 0.25) is 0 Å². The molecule has 1 N–H and O–H groups in total. The average molecular weight is 284 g/mol. The zero-order valence-corrected chi connectivity index (χ0v) is 11.2. The molecule has 0 bridgehead atoms. The van der Waals surface area contributed by atoms with E-state index < -0.39 is 17.3 Å². The molecule has 1 aliphatic carbocycles. The summed E-state index contributed by atoms with van der Waals surface area (Å²) in [7, 11) is 0. The van der Waals surface area contributed by atoms with Gasteiger partial charge < -0.3 is 5.32 Å². The van der Waals surface area contributed by atoms with E-state index in [1.54, 1.807) is 12.1 Å². The van der Waals surface area contributed by atoms with E-state index >= 15 is 0 Å². The summed E-state index contributed by atoms with van der Waals surface area (Å²) in [4.78, 5) is 23.9. The molecule has 0 saturated heterocycles. The second kappa shape index (κ2) is 5.70. The molecule has 3 nitrogen and oxygen atoms in total. The summed E-state index contributed by atoms with van der Waals surface area (Å²) in [6, 6.07) is 5.83. The van der Waals surface area contributed by atoms with Gasteiger partial charge in [-0.3, -0.25) is 9.59 Å². The van der Waals surface area contributed by atoms with Gasteiger partial charge in [0.15, 0.2) is 5.78 Å². The van der Waals surface area contributed by atoms with Gasteiger partial charge in [0, 0.05) is 6.42 Å². The topological polar surface area (TPSA) is 46.2 Å². The number of halogens is 2. The quantitative estimate of drug-likeness (QED) is 0.867. The second-order valence-electron chi connectivity index (χ2n) is 4.73. The summed E-state index contributed by atoms with van der Waals surface area (Å²) < 4.78 is 13.4. The van der Waals surface area contributed by atoms with Crippen LogP contribution in [0.15, 0.2) is 24.3 Å². The molecule has 1 aromatic rings. The fourth-order valence-corrected chi connectivity index (χ4v) is 2.63. The van der Waals surface area contributed by atoms with Gasteiger partial charge in [0.2, 0.25) is 5.91 Å². The van der Waals surface area contributed by atoms with E-state index in [1.807, 2.05) is 0 Å². The van der Waals surface area contributed by atoms with Crippen LogP contribution in [-0.4, -0.2) is 17.6 Å². The number of carbonyl (C=O) groups excluding carboxylic acids is 2. The number of benzene rings is 1. The van der Waals surface area contributed by atoms with Gasteiger partial charge in [-0.15, -0.1) is 11.6 Å². The van der Waals surface area contributed by atoms with Crippen molar-refractivity contribution < 1.29 is 14.0 Å². The largest absolute Gasteiger partial charge is 0.339 e. The first-order valence-electron chi connectivity index (χ1n) is 6.25. The van der Waals surface area contributed by atoms with E-state index in [-0.39, 0.29) is 11.7 Å². The zero-order chi connectivity index (χ0) is 13.9. The second-order valence-corrected chi connectivity index (χ2v) is 5.00. The van der Waals surface area contributed by atoms with Crippen molar-refractivity contribution in [3.63, 3.8) is 0 Å². The third-order valence-corrected chi connectivity index (χ3v) is 3.72. The van der Waals surface area contributed by atoms with Crippen molar-refractivity contribution in [2.24, 2.45) is 0 Å². The molecule has 1 saturated carbocycles. The van der Waals surface area contributed by atoms with Crippen LogP contribution in [0.5, 0.6) is 0 Å². The molecule has 1 amide bonds. The lowest BCUT2D eigenvalue weighted by Crippen LogP contribution is -2.53. The molecule has 102 valence electrons. The lowest BCUT2D eigenvalue weighted by Gasteiger charge is -2.37. The number of rotatable bonds is 3. The number of Topliss-reactive ketones (excluding diaryl/α,β-unsaturated/α-hetero) is 1. The molecule has 2 rings (SSSR count). The maximum atomic E-state index is 13.4. The monoisotopic (exact) mass is 283 g/mol. The summed E-state index contributed by atoms with van der Waals surface area (Å²) >= 11 is 5.50. The van der Waals surface area contributed by atoms with Gasteiger partial charge in [-0.25, -0.2) is 4.39 Å². The Morgan fingerprint density at radius 3 is 2.84 bits per heavy atom. The fourth-order valence-electron chi connectivity index (χ4n) is 2.56.